The van der Waals surface area contributed by atoms with Crippen molar-refractivity contribution in [1.29, 1.82) is 0 Å². The number of nitrogens with zero attached hydrogens (tertiary/aromatic N) is 4. The number of H-pyrrole nitrogens is 2. The van der Waals surface area contributed by atoms with Crippen LogP contribution in [0.4, 0.5) is 5.95 Å². The zero-order valence-corrected chi connectivity index (χ0v) is 12.7. The van der Waals surface area contributed by atoms with Crippen molar-refractivity contribution in [2.75, 3.05) is 5.43 Å². The molecule has 0 amide bonds. The molecule has 0 fully saturated rings. The SMILES string of the molecule is O=c1[nH]c(=O)c2nnc(NN=Cc3ccc(Cl)cc3Cl)nc2[nH]1. The molecule has 1 aromatic carbocycles. The number of hydrazone groups is 1. The lowest BCUT2D eigenvalue weighted by atomic mass is 10.2. The van der Waals surface area contributed by atoms with Gasteiger partial charge in [-0.25, -0.2) is 10.2 Å². The van der Waals surface area contributed by atoms with Crippen LogP contribution in [0.1, 0.15) is 5.56 Å². The zero-order chi connectivity index (χ0) is 16.4. The second-order valence-electron chi connectivity index (χ2n) is 4.28. The number of hydrogen-bond donors (Lipinski definition) is 3. The Balaban J connectivity index is 1.85. The Labute approximate surface area is 137 Å². The normalized spacial score (nSPS) is 11.2. The van der Waals surface area contributed by atoms with Crippen LogP contribution >= 0.6 is 23.2 Å². The summed E-state index contributed by atoms with van der Waals surface area (Å²) in [5, 5.41) is 12.2. The number of rotatable bonds is 3. The summed E-state index contributed by atoms with van der Waals surface area (Å²) >= 11 is 11.8. The molecule has 0 aliphatic carbocycles. The van der Waals surface area contributed by atoms with Gasteiger partial charge >= 0.3 is 5.69 Å². The summed E-state index contributed by atoms with van der Waals surface area (Å²) < 4.78 is 0. The van der Waals surface area contributed by atoms with Crippen LogP contribution in [0.15, 0.2) is 32.9 Å². The van der Waals surface area contributed by atoms with Gasteiger partial charge in [0.1, 0.15) is 0 Å². The van der Waals surface area contributed by atoms with E-state index in [1.807, 2.05) is 4.98 Å². The zero-order valence-electron chi connectivity index (χ0n) is 11.2. The molecular formula is C12H7Cl2N7O2. The highest BCUT2D eigenvalue weighted by atomic mass is 35.5. The van der Waals surface area contributed by atoms with E-state index < -0.39 is 11.2 Å². The number of aromatic nitrogens is 5. The highest BCUT2D eigenvalue weighted by molar-refractivity contribution is 6.36. The predicted octanol–water partition coefficient (Wildman–Crippen LogP) is 1.15. The number of halogens is 2. The molecule has 11 heteroatoms. The van der Waals surface area contributed by atoms with Gasteiger partial charge in [0.05, 0.1) is 11.2 Å². The lowest BCUT2D eigenvalue weighted by Crippen LogP contribution is -2.23. The minimum absolute atomic E-state index is 0.0000796. The van der Waals surface area contributed by atoms with Gasteiger partial charge in [0.15, 0.2) is 11.2 Å². The Hall–Kier alpha value is -2.78. The molecule has 3 aromatic rings. The Bertz CT molecular complexity index is 1030. The van der Waals surface area contributed by atoms with Crippen molar-refractivity contribution in [2.45, 2.75) is 0 Å². The Morgan fingerprint density at radius 2 is 2.00 bits per heavy atom. The Morgan fingerprint density at radius 1 is 1.17 bits per heavy atom. The van der Waals surface area contributed by atoms with E-state index in [9.17, 15) is 9.59 Å². The highest BCUT2D eigenvalue weighted by Crippen LogP contribution is 2.19. The average Bonchev–Trinajstić information content (AvgIpc) is 2.49. The summed E-state index contributed by atoms with van der Waals surface area (Å²) in [7, 11) is 0. The predicted molar refractivity (Wildman–Crippen MR) is 86.3 cm³/mol. The van der Waals surface area contributed by atoms with Gasteiger partial charge in [0.25, 0.3) is 11.5 Å². The van der Waals surface area contributed by atoms with Gasteiger partial charge in [-0.1, -0.05) is 29.3 Å². The van der Waals surface area contributed by atoms with Crippen LogP contribution in [0.2, 0.25) is 10.0 Å². The molecule has 23 heavy (non-hydrogen) atoms. The number of aromatic amines is 2. The van der Waals surface area contributed by atoms with Gasteiger partial charge < -0.3 is 0 Å². The number of anilines is 1. The fourth-order valence-electron chi connectivity index (χ4n) is 1.68. The largest absolute Gasteiger partial charge is 0.327 e. The first-order chi connectivity index (χ1) is 11.0. The highest BCUT2D eigenvalue weighted by Gasteiger charge is 2.06. The second kappa shape index (κ2) is 6.15. The van der Waals surface area contributed by atoms with E-state index in [1.165, 1.54) is 6.21 Å². The van der Waals surface area contributed by atoms with Gasteiger partial charge in [-0.2, -0.15) is 10.1 Å². The minimum Gasteiger partial charge on any atom is -0.290 e. The van der Waals surface area contributed by atoms with Crippen molar-refractivity contribution in [2.24, 2.45) is 5.10 Å². The van der Waals surface area contributed by atoms with Crippen LogP contribution < -0.4 is 16.7 Å². The monoisotopic (exact) mass is 351 g/mol. The molecule has 0 saturated heterocycles. The van der Waals surface area contributed by atoms with Crippen LogP contribution in [-0.2, 0) is 0 Å². The molecule has 0 spiro atoms. The van der Waals surface area contributed by atoms with E-state index in [-0.39, 0.29) is 17.1 Å². The van der Waals surface area contributed by atoms with E-state index >= 15 is 0 Å². The molecule has 9 nitrogen and oxygen atoms in total. The third-order valence-electron chi connectivity index (χ3n) is 2.69. The number of fused-ring (bicyclic) bond motifs is 1. The van der Waals surface area contributed by atoms with Gasteiger partial charge in [0.2, 0.25) is 0 Å². The molecule has 0 unspecified atom stereocenters. The smallest absolute Gasteiger partial charge is 0.290 e. The summed E-state index contributed by atoms with van der Waals surface area (Å²) in [4.78, 5) is 31.0. The van der Waals surface area contributed by atoms with Crippen LogP contribution in [0.25, 0.3) is 11.2 Å². The van der Waals surface area contributed by atoms with Crippen molar-refractivity contribution in [3.63, 3.8) is 0 Å². The van der Waals surface area contributed by atoms with Gasteiger partial charge in [-0.3, -0.25) is 14.8 Å². The van der Waals surface area contributed by atoms with Gasteiger partial charge in [0, 0.05) is 10.6 Å². The Morgan fingerprint density at radius 3 is 2.78 bits per heavy atom. The summed E-state index contributed by atoms with van der Waals surface area (Å²) in [5.74, 6) is 0.0000796. The lowest BCUT2D eigenvalue weighted by molar-refractivity contribution is 0.960. The maximum atomic E-state index is 11.5. The van der Waals surface area contributed by atoms with E-state index in [1.54, 1.807) is 18.2 Å². The molecule has 0 saturated carbocycles. The lowest BCUT2D eigenvalue weighted by Gasteiger charge is -2.00. The number of benzene rings is 1. The first-order valence-electron chi connectivity index (χ1n) is 6.14. The maximum absolute atomic E-state index is 11.5. The van der Waals surface area contributed by atoms with Crippen molar-refractivity contribution < 1.29 is 0 Å². The molecule has 116 valence electrons. The van der Waals surface area contributed by atoms with Crippen molar-refractivity contribution >= 4 is 46.5 Å². The summed E-state index contributed by atoms with van der Waals surface area (Å²) in [6.07, 6.45) is 1.44. The standard InChI is InChI=1S/C12H7Cl2N7O2/c13-6-2-1-5(7(14)3-6)4-15-20-11-16-9-8(19-21-11)10(22)18-12(23)17-9/h1-4H,(H3,16,17,18,20,21,22,23). The van der Waals surface area contributed by atoms with Crippen molar-refractivity contribution in [3.05, 3.63) is 54.6 Å². The maximum Gasteiger partial charge on any atom is 0.327 e. The fourth-order valence-corrected chi connectivity index (χ4v) is 2.14. The van der Waals surface area contributed by atoms with E-state index in [0.717, 1.165) is 0 Å². The second-order valence-corrected chi connectivity index (χ2v) is 5.12. The summed E-state index contributed by atoms with van der Waals surface area (Å²) in [5.41, 5.74) is 1.70. The molecule has 0 atom stereocenters. The minimum atomic E-state index is -0.689. The van der Waals surface area contributed by atoms with Crippen molar-refractivity contribution in [1.82, 2.24) is 25.1 Å². The Kier molecular flexibility index (Phi) is 4.04. The van der Waals surface area contributed by atoms with E-state index in [0.29, 0.717) is 15.6 Å². The van der Waals surface area contributed by atoms with Crippen LogP contribution in [0.5, 0.6) is 0 Å². The number of hydrogen-bond acceptors (Lipinski definition) is 7. The molecule has 3 N–H and O–H groups in total. The average molecular weight is 352 g/mol. The van der Waals surface area contributed by atoms with E-state index in [2.05, 4.69) is 30.7 Å². The molecule has 2 aromatic heterocycles. The van der Waals surface area contributed by atoms with Crippen LogP contribution in [0, 0.1) is 0 Å². The molecule has 0 bridgehead atoms. The first kappa shape index (κ1) is 15.1. The van der Waals surface area contributed by atoms with Gasteiger partial charge in [-0.15, -0.1) is 10.2 Å². The third-order valence-corrected chi connectivity index (χ3v) is 3.25. The summed E-state index contributed by atoms with van der Waals surface area (Å²) in [6.45, 7) is 0. The fraction of sp³-hybridized carbons (Fsp3) is 0. The molecule has 0 aliphatic heterocycles. The topological polar surface area (TPSA) is 129 Å². The molecule has 0 aliphatic rings. The van der Waals surface area contributed by atoms with Crippen LogP contribution in [0.3, 0.4) is 0 Å². The van der Waals surface area contributed by atoms with Crippen LogP contribution in [-0.4, -0.2) is 31.4 Å². The first-order valence-corrected chi connectivity index (χ1v) is 6.90. The van der Waals surface area contributed by atoms with Crippen molar-refractivity contribution in [3.8, 4) is 0 Å². The molecule has 3 rings (SSSR count). The molecule has 0 radical (unpaired) electrons. The van der Waals surface area contributed by atoms with E-state index in [4.69, 9.17) is 23.2 Å². The quantitative estimate of drug-likeness (QED) is 0.479. The number of nitrogens with one attached hydrogen (secondary N) is 3. The molecular weight excluding hydrogens is 345 g/mol. The van der Waals surface area contributed by atoms with Gasteiger partial charge in [-0.05, 0) is 12.1 Å². The third kappa shape index (κ3) is 3.35. The summed E-state index contributed by atoms with van der Waals surface area (Å²) in [6, 6.07) is 4.93. The molecule has 2 heterocycles.